The van der Waals surface area contributed by atoms with E-state index in [0.717, 1.165) is 29.8 Å². The number of nitrogens with zero attached hydrogens (tertiary/aromatic N) is 1. The number of aryl methyl sites for hydroxylation is 1. The lowest BCUT2D eigenvalue weighted by atomic mass is 10.1. The predicted octanol–water partition coefficient (Wildman–Crippen LogP) is 2.21. The minimum atomic E-state index is -0.316. The molecule has 3 rings (SSSR count). The molecule has 102 valence electrons. The lowest BCUT2D eigenvalue weighted by molar-refractivity contribution is -0.117. The number of nitrogens with two attached hydrogens (primary N) is 1. The summed E-state index contributed by atoms with van der Waals surface area (Å²) in [6.07, 6.45) is 4.15. The maximum atomic E-state index is 11.1. The van der Waals surface area contributed by atoms with Crippen molar-refractivity contribution in [2.75, 3.05) is 5.32 Å². The van der Waals surface area contributed by atoms with E-state index in [4.69, 9.17) is 5.73 Å². The molecule has 1 aliphatic rings. The molecule has 0 saturated heterocycles. The highest BCUT2D eigenvalue weighted by atomic mass is 16.1. The van der Waals surface area contributed by atoms with Crippen LogP contribution in [0.2, 0.25) is 0 Å². The molecule has 1 aromatic carbocycles. The minimum Gasteiger partial charge on any atom is -0.376 e. The molecule has 0 aliphatic heterocycles. The first-order valence-electron chi connectivity index (χ1n) is 6.80. The van der Waals surface area contributed by atoms with Crippen LogP contribution in [0.25, 0.3) is 0 Å². The Morgan fingerprint density at radius 1 is 1.30 bits per heavy atom. The second kappa shape index (κ2) is 5.33. The third-order valence-corrected chi connectivity index (χ3v) is 3.67. The fourth-order valence-corrected chi connectivity index (χ4v) is 2.74. The van der Waals surface area contributed by atoms with Gasteiger partial charge in [-0.1, -0.05) is 24.3 Å². The van der Waals surface area contributed by atoms with Gasteiger partial charge >= 0.3 is 0 Å². The Balaban J connectivity index is 1.84. The van der Waals surface area contributed by atoms with Crippen molar-refractivity contribution in [3.05, 3.63) is 59.4 Å². The molecule has 1 unspecified atom stereocenters. The van der Waals surface area contributed by atoms with Gasteiger partial charge in [-0.05, 0) is 36.1 Å². The second-order valence-corrected chi connectivity index (χ2v) is 5.08. The zero-order chi connectivity index (χ0) is 13.9. The van der Waals surface area contributed by atoms with E-state index in [1.807, 2.05) is 36.5 Å². The van der Waals surface area contributed by atoms with E-state index < -0.39 is 0 Å². The molecule has 1 heterocycles. The smallest absolute Gasteiger partial charge is 0.221 e. The van der Waals surface area contributed by atoms with Crippen LogP contribution in [0.15, 0.2) is 42.6 Å². The number of hydrogen-bond donors (Lipinski definition) is 2. The van der Waals surface area contributed by atoms with Gasteiger partial charge in [0.05, 0.1) is 18.2 Å². The Bertz CT molecular complexity index is 639. The summed E-state index contributed by atoms with van der Waals surface area (Å²) in [6, 6.07) is 12.1. The molecule has 0 spiro atoms. The summed E-state index contributed by atoms with van der Waals surface area (Å²) in [5.41, 5.74) is 9.62. The van der Waals surface area contributed by atoms with Crippen molar-refractivity contribution in [2.24, 2.45) is 5.73 Å². The molecule has 0 saturated carbocycles. The third-order valence-electron chi connectivity index (χ3n) is 3.67. The number of fused-ring (bicyclic) bond motifs is 1. The SMILES string of the molecule is NC(=O)Cc1ccccc1NC1CCc2cccnc21. The van der Waals surface area contributed by atoms with Gasteiger partial charge < -0.3 is 11.1 Å². The van der Waals surface area contributed by atoms with Gasteiger partial charge in [-0.15, -0.1) is 0 Å². The number of carbonyl (C=O) groups is 1. The molecule has 20 heavy (non-hydrogen) atoms. The van der Waals surface area contributed by atoms with Crippen molar-refractivity contribution in [1.82, 2.24) is 4.98 Å². The zero-order valence-electron chi connectivity index (χ0n) is 11.2. The maximum Gasteiger partial charge on any atom is 0.221 e. The van der Waals surface area contributed by atoms with E-state index in [1.54, 1.807) is 0 Å². The van der Waals surface area contributed by atoms with Crippen molar-refractivity contribution >= 4 is 11.6 Å². The molecule has 0 radical (unpaired) electrons. The van der Waals surface area contributed by atoms with Gasteiger partial charge in [0.25, 0.3) is 0 Å². The normalized spacial score (nSPS) is 16.7. The van der Waals surface area contributed by atoms with E-state index in [-0.39, 0.29) is 18.4 Å². The summed E-state index contributed by atoms with van der Waals surface area (Å²) in [7, 11) is 0. The molecule has 0 fully saturated rings. The summed E-state index contributed by atoms with van der Waals surface area (Å²) >= 11 is 0. The number of nitrogens with one attached hydrogen (secondary N) is 1. The summed E-state index contributed by atoms with van der Waals surface area (Å²) in [4.78, 5) is 15.6. The quantitative estimate of drug-likeness (QED) is 0.892. The highest BCUT2D eigenvalue weighted by Gasteiger charge is 2.23. The van der Waals surface area contributed by atoms with E-state index in [1.165, 1.54) is 5.56 Å². The Morgan fingerprint density at radius 2 is 2.15 bits per heavy atom. The van der Waals surface area contributed by atoms with Crippen LogP contribution in [-0.4, -0.2) is 10.9 Å². The highest BCUT2D eigenvalue weighted by Crippen LogP contribution is 2.32. The number of carbonyl (C=O) groups excluding carboxylic acids is 1. The summed E-state index contributed by atoms with van der Waals surface area (Å²) < 4.78 is 0. The van der Waals surface area contributed by atoms with E-state index in [2.05, 4.69) is 16.4 Å². The van der Waals surface area contributed by atoms with Gasteiger partial charge in [0.15, 0.2) is 0 Å². The number of benzene rings is 1. The lowest BCUT2D eigenvalue weighted by Gasteiger charge is -2.17. The molecule has 1 atom stereocenters. The van der Waals surface area contributed by atoms with Crippen molar-refractivity contribution in [3.63, 3.8) is 0 Å². The van der Waals surface area contributed by atoms with Gasteiger partial charge in [0, 0.05) is 11.9 Å². The van der Waals surface area contributed by atoms with Gasteiger partial charge in [0.2, 0.25) is 5.91 Å². The average Bonchev–Trinajstić information content (AvgIpc) is 2.84. The number of rotatable bonds is 4. The van der Waals surface area contributed by atoms with Crippen molar-refractivity contribution in [2.45, 2.75) is 25.3 Å². The van der Waals surface area contributed by atoms with Crippen LogP contribution < -0.4 is 11.1 Å². The average molecular weight is 267 g/mol. The minimum absolute atomic E-state index is 0.209. The standard InChI is InChI=1S/C16H17N3O/c17-15(20)10-12-4-1-2-6-13(12)19-14-8-7-11-5-3-9-18-16(11)14/h1-6,9,14,19H,7-8,10H2,(H2,17,20). The molecule has 1 amide bonds. The first kappa shape index (κ1) is 12.7. The molecule has 4 nitrogen and oxygen atoms in total. The molecule has 4 heteroatoms. The van der Waals surface area contributed by atoms with Crippen LogP contribution in [0.3, 0.4) is 0 Å². The Hall–Kier alpha value is -2.36. The van der Waals surface area contributed by atoms with Gasteiger partial charge in [-0.25, -0.2) is 0 Å². The number of amides is 1. The number of anilines is 1. The van der Waals surface area contributed by atoms with Gasteiger partial charge in [0.1, 0.15) is 0 Å². The lowest BCUT2D eigenvalue weighted by Crippen LogP contribution is -2.16. The molecule has 0 bridgehead atoms. The van der Waals surface area contributed by atoms with Crippen LogP contribution in [0, 0.1) is 0 Å². The van der Waals surface area contributed by atoms with Crippen LogP contribution in [-0.2, 0) is 17.6 Å². The number of aromatic nitrogens is 1. The molecule has 3 N–H and O–H groups in total. The predicted molar refractivity (Wildman–Crippen MR) is 78.3 cm³/mol. The fraction of sp³-hybridized carbons (Fsp3) is 0.250. The first-order chi connectivity index (χ1) is 9.74. The third kappa shape index (κ3) is 2.50. The summed E-state index contributed by atoms with van der Waals surface area (Å²) in [5, 5.41) is 3.50. The van der Waals surface area contributed by atoms with Crippen LogP contribution in [0.5, 0.6) is 0 Å². The number of hydrogen-bond acceptors (Lipinski definition) is 3. The van der Waals surface area contributed by atoms with Gasteiger partial charge in [-0.3, -0.25) is 9.78 Å². The molecule has 1 aliphatic carbocycles. The van der Waals surface area contributed by atoms with Crippen LogP contribution >= 0.6 is 0 Å². The van der Waals surface area contributed by atoms with E-state index >= 15 is 0 Å². The van der Waals surface area contributed by atoms with Crippen molar-refractivity contribution in [1.29, 1.82) is 0 Å². The number of primary amides is 1. The zero-order valence-corrected chi connectivity index (χ0v) is 11.2. The van der Waals surface area contributed by atoms with E-state index in [0.29, 0.717) is 0 Å². The van der Waals surface area contributed by atoms with Gasteiger partial charge in [-0.2, -0.15) is 0 Å². The van der Waals surface area contributed by atoms with Crippen molar-refractivity contribution in [3.8, 4) is 0 Å². The molecule has 1 aromatic heterocycles. The molecular formula is C16H17N3O. The van der Waals surface area contributed by atoms with Crippen LogP contribution in [0.4, 0.5) is 5.69 Å². The van der Waals surface area contributed by atoms with E-state index in [9.17, 15) is 4.79 Å². The summed E-state index contributed by atoms with van der Waals surface area (Å²) in [6.45, 7) is 0. The van der Waals surface area contributed by atoms with Crippen molar-refractivity contribution < 1.29 is 4.79 Å². The summed E-state index contributed by atoms with van der Waals surface area (Å²) in [5.74, 6) is -0.316. The first-order valence-corrected chi connectivity index (χ1v) is 6.80. The maximum absolute atomic E-state index is 11.1. The molecule has 2 aromatic rings. The topological polar surface area (TPSA) is 68.0 Å². The largest absolute Gasteiger partial charge is 0.376 e. The second-order valence-electron chi connectivity index (χ2n) is 5.08. The van der Waals surface area contributed by atoms with Crippen LogP contribution in [0.1, 0.15) is 29.3 Å². The Morgan fingerprint density at radius 3 is 3.00 bits per heavy atom. The Kier molecular flexibility index (Phi) is 3.37. The highest BCUT2D eigenvalue weighted by molar-refractivity contribution is 5.78. The fourth-order valence-electron chi connectivity index (χ4n) is 2.74. The Labute approximate surface area is 118 Å². The number of pyridine rings is 1. The molecular weight excluding hydrogens is 250 g/mol. The monoisotopic (exact) mass is 267 g/mol. The number of para-hydroxylation sites is 1.